The summed E-state index contributed by atoms with van der Waals surface area (Å²) in [4.78, 5) is 14.7. The third-order valence-electron chi connectivity index (χ3n) is 6.39. The van der Waals surface area contributed by atoms with Crippen LogP contribution in [0.4, 0.5) is 0 Å². The molecule has 3 aromatic rings. The van der Waals surface area contributed by atoms with Crippen molar-refractivity contribution in [3.05, 3.63) is 77.5 Å². The van der Waals surface area contributed by atoms with E-state index in [9.17, 15) is 4.79 Å². The zero-order chi connectivity index (χ0) is 19.6. The van der Waals surface area contributed by atoms with Crippen LogP contribution >= 0.6 is 0 Å². The second kappa shape index (κ2) is 7.90. The molecule has 1 aliphatic carbocycles. The highest BCUT2D eigenvalue weighted by Crippen LogP contribution is 2.33. The molecule has 2 aromatic carbocycles. The predicted octanol–water partition coefficient (Wildman–Crippen LogP) is 5.65. The summed E-state index contributed by atoms with van der Waals surface area (Å²) < 4.78 is 2.43. The van der Waals surface area contributed by atoms with Gasteiger partial charge in [0.15, 0.2) is 0 Å². The van der Waals surface area contributed by atoms with Gasteiger partial charge in [-0.15, -0.1) is 0 Å². The van der Waals surface area contributed by atoms with E-state index in [1.165, 1.54) is 41.8 Å². The molecule has 29 heavy (non-hydrogen) atoms. The fraction of sp³-hybridized carbons (Fsp3) is 0.346. The Hall–Kier alpha value is -2.81. The van der Waals surface area contributed by atoms with Crippen molar-refractivity contribution in [2.75, 3.05) is 13.1 Å². The molecule has 1 fully saturated rings. The Bertz CT molecular complexity index is 995. The minimum absolute atomic E-state index is 0.170. The molecule has 1 saturated heterocycles. The van der Waals surface area contributed by atoms with E-state index in [1.54, 1.807) is 0 Å². The summed E-state index contributed by atoms with van der Waals surface area (Å²) in [6, 6.07) is 21.3. The lowest BCUT2D eigenvalue weighted by molar-refractivity contribution is 0.0793. The Labute approximate surface area is 173 Å². The van der Waals surface area contributed by atoms with E-state index in [0.29, 0.717) is 0 Å². The summed E-state index contributed by atoms with van der Waals surface area (Å²) in [7, 11) is 0. The Morgan fingerprint density at radius 2 is 1.48 bits per heavy atom. The third kappa shape index (κ3) is 3.50. The van der Waals surface area contributed by atoms with Crippen molar-refractivity contribution in [1.29, 1.82) is 0 Å². The van der Waals surface area contributed by atoms with Crippen molar-refractivity contribution in [3.63, 3.8) is 0 Å². The van der Waals surface area contributed by atoms with Gasteiger partial charge in [-0.2, -0.15) is 0 Å². The second-order valence-electron chi connectivity index (χ2n) is 8.31. The molecule has 1 aromatic heterocycles. The smallest absolute Gasteiger partial charge is 0.253 e. The summed E-state index contributed by atoms with van der Waals surface area (Å²) in [6.07, 6.45) is 8.35. The van der Waals surface area contributed by atoms with Crippen molar-refractivity contribution in [2.24, 2.45) is 0 Å². The molecule has 0 radical (unpaired) electrons. The number of benzene rings is 2. The number of likely N-dealkylation sites (tertiary alicyclic amines) is 1. The first-order valence-electron chi connectivity index (χ1n) is 11.0. The molecule has 1 aliphatic heterocycles. The van der Waals surface area contributed by atoms with E-state index in [-0.39, 0.29) is 5.91 Å². The van der Waals surface area contributed by atoms with Crippen LogP contribution in [-0.2, 0) is 12.8 Å². The molecule has 148 valence electrons. The fourth-order valence-electron chi connectivity index (χ4n) is 4.85. The van der Waals surface area contributed by atoms with Gasteiger partial charge >= 0.3 is 0 Å². The quantitative estimate of drug-likeness (QED) is 0.536. The number of amides is 1. The minimum Gasteiger partial charge on any atom is -0.339 e. The standard InChI is InChI=1S/C26H28N2O/c29-26(27-17-7-8-18-27)21-13-15-23(16-14-21)28-24-12-6-2-5-11-22(24)19-25(28)20-9-3-1-4-10-20/h1,3-4,9-10,13-16,19H,2,5-8,11-12,17-18H2. The predicted molar refractivity (Wildman–Crippen MR) is 118 cm³/mol. The average molecular weight is 385 g/mol. The number of carbonyl (C=O) groups is 1. The second-order valence-corrected chi connectivity index (χ2v) is 8.31. The van der Waals surface area contributed by atoms with E-state index in [0.717, 1.165) is 50.0 Å². The van der Waals surface area contributed by atoms with Crippen molar-refractivity contribution < 1.29 is 4.79 Å². The van der Waals surface area contributed by atoms with Gasteiger partial charge in [-0.3, -0.25) is 4.79 Å². The number of rotatable bonds is 3. The van der Waals surface area contributed by atoms with Gasteiger partial charge in [-0.05, 0) is 80.0 Å². The molecule has 2 aliphatic rings. The van der Waals surface area contributed by atoms with Crippen LogP contribution in [0.2, 0.25) is 0 Å². The molecule has 3 heteroatoms. The van der Waals surface area contributed by atoms with Gasteiger partial charge in [-0.25, -0.2) is 0 Å². The van der Waals surface area contributed by atoms with Gasteiger partial charge in [0.2, 0.25) is 0 Å². The highest BCUT2D eigenvalue weighted by molar-refractivity contribution is 5.94. The summed E-state index contributed by atoms with van der Waals surface area (Å²) >= 11 is 0. The lowest BCUT2D eigenvalue weighted by atomic mass is 10.1. The van der Waals surface area contributed by atoms with Crippen LogP contribution < -0.4 is 0 Å². The van der Waals surface area contributed by atoms with Crippen LogP contribution in [-0.4, -0.2) is 28.5 Å². The first kappa shape index (κ1) is 18.2. The molecule has 0 spiro atoms. The fourth-order valence-corrected chi connectivity index (χ4v) is 4.85. The van der Waals surface area contributed by atoms with Gasteiger partial charge in [0.05, 0.1) is 5.69 Å². The first-order chi connectivity index (χ1) is 14.3. The summed E-state index contributed by atoms with van der Waals surface area (Å²) in [5.74, 6) is 0.170. The number of aromatic nitrogens is 1. The topological polar surface area (TPSA) is 25.2 Å². The zero-order valence-electron chi connectivity index (χ0n) is 16.9. The van der Waals surface area contributed by atoms with Gasteiger partial charge in [0.25, 0.3) is 5.91 Å². The van der Waals surface area contributed by atoms with Crippen LogP contribution in [0.3, 0.4) is 0 Å². The molecule has 0 saturated carbocycles. The molecular formula is C26H28N2O. The lowest BCUT2D eigenvalue weighted by Crippen LogP contribution is -2.27. The number of hydrogen-bond donors (Lipinski definition) is 0. The average Bonchev–Trinajstić information content (AvgIpc) is 3.37. The number of aryl methyl sites for hydroxylation is 1. The summed E-state index contributed by atoms with van der Waals surface area (Å²) in [5.41, 5.74) is 7.40. The molecular weight excluding hydrogens is 356 g/mol. The van der Waals surface area contributed by atoms with E-state index in [1.807, 2.05) is 17.0 Å². The van der Waals surface area contributed by atoms with Crippen LogP contribution in [0, 0.1) is 0 Å². The highest BCUT2D eigenvalue weighted by atomic mass is 16.2. The van der Waals surface area contributed by atoms with Gasteiger partial charge in [0.1, 0.15) is 0 Å². The molecule has 2 heterocycles. The van der Waals surface area contributed by atoms with Crippen molar-refractivity contribution in [1.82, 2.24) is 9.47 Å². The Balaban J connectivity index is 1.56. The lowest BCUT2D eigenvalue weighted by Gasteiger charge is -2.17. The summed E-state index contributed by atoms with van der Waals surface area (Å²) in [6.45, 7) is 1.79. The van der Waals surface area contributed by atoms with Crippen molar-refractivity contribution in [3.8, 4) is 16.9 Å². The minimum atomic E-state index is 0.170. The third-order valence-corrected chi connectivity index (χ3v) is 6.39. The Morgan fingerprint density at radius 1 is 0.759 bits per heavy atom. The van der Waals surface area contributed by atoms with Gasteiger partial charge in [-0.1, -0.05) is 36.8 Å². The van der Waals surface area contributed by atoms with Crippen molar-refractivity contribution in [2.45, 2.75) is 44.9 Å². The monoisotopic (exact) mass is 384 g/mol. The SMILES string of the molecule is O=C(c1ccc(-n2c(-c3ccccc3)cc3c2CCCCC3)cc1)N1CCCC1. The van der Waals surface area contributed by atoms with E-state index in [4.69, 9.17) is 0 Å². The number of hydrogen-bond acceptors (Lipinski definition) is 1. The first-order valence-corrected chi connectivity index (χ1v) is 11.0. The van der Waals surface area contributed by atoms with E-state index in [2.05, 4.69) is 53.1 Å². The zero-order valence-corrected chi connectivity index (χ0v) is 16.9. The molecule has 3 nitrogen and oxygen atoms in total. The molecule has 5 rings (SSSR count). The molecule has 1 amide bonds. The van der Waals surface area contributed by atoms with Crippen LogP contribution in [0.1, 0.15) is 53.7 Å². The molecule has 0 N–H and O–H groups in total. The van der Waals surface area contributed by atoms with E-state index < -0.39 is 0 Å². The van der Waals surface area contributed by atoms with Gasteiger partial charge in [0, 0.05) is 30.0 Å². The number of nitrogens with zero attached hydrogens (tertiary/aromatic N) is 2. The highest BCUT2D eigenvalue weighted by Gasteiger charge is 2.21. The largest absolute Gasteiger partial charge is 0.339 e. The van der Waals surface area contributed by atoms with Crippen LogP contribution in [0.5, 0.6) is 0 Å². The van der Waals surface area contributed by atoms with Gasteiger partial charge < -0.3 is 9.47 Å². The number of fused-ring (bicyclic) bond motifs is 1. The Kier molecular flexibility index (Phi) is 4.97. The van der Waals surface area contributed by atoms with Crippen molar-refractivity contribution >= 4 is 5.91 Å². The van der Waals surface area contributed by atoms with E-state index >= 15 is 0 Å². The maximum absolute atomic E-state index is 12.7. The molecule has 0 unspecified atom stereocenters. The summed E-state index contributed by atoms with van der Waals surface area (Å²) in [5, 5.41) is 0. The van der Waals surface area contributed by atoms with Crippen LogP contribution in [0.25, 0.3) is 16.9 Å². The normalized spacial score (nSPS) is 16.5. The maximum Gasteiger partial charge on any atom is 0.253 e. The maximum atomic E-state index is 12.7. The molecule has 0 bridgehead atoms. The Morgan fingerprint density at radius 3 is 2.24 bits per heavy atom. The number of carbonyl (C=O) groups excluding carboxylic acids is 1. The molecule has 0 atom stereocenters. The van der Waals surface area contributed by atoms with Crippen LogP contribution in [0.15, 0.2) is 60.7 Å².